The van der Waals surface area contributed by atoms with E-state index >= 15 is 0 Å². The van der Waals surface area contributed by atoms with E-state index in [4.69, 9.17) is 4.98 Å². The van der Waals surface area contributed by atoms with Gasteiger partial charge in [-0.1, -0.05) is 18.7 Å². The standard InChI is InChI=1S/C19H27N3O4S2/c1-9-15-13(10(2)24)6-22(15)16(18(25)26)17(9)28-19-21-14(8-27-19)11-3-4-20-12(5-11)7-23/h8-13,15,20,23-24H,3-7H2,1-2H3,(H,25,26)/t9-,10-,11?,12+,13-,15?/m1/s1. The van der Waals surface area contributed by atoms with Gasteiger partial charge in [0.1, 0.15) is 5.70 Å². The van der Waals surface area contributed by atoms with Gasteiger partial charge >= 0.3 is 5.97 Å². The molecule has 0 amide bonds. The van der Waals surface area contributed by atoms with E-state index in [0.29, 0.717) is 18.2 Å². The maximum Gasteiger partial charge on any atom is 0.353 e. The average molecular weight is 426 g/mol. The summed E-state index contributed by atoms with van der Waals surface area (Å²) in [5, 5.41) is 34.6. The summed E-state index contributed by atoms with van der Waals surface area (Å²) < 4.78 is 0.866. The van der Waals surface area contributed by atoms with Crippen molar-refractivity contribution in [2.45, 2.75) is 55.1 Å². The molecule has 6 atom stereocenters. The Balaban J connectivity index is 1.52. The summed E-state index contributed by atoms with van der Waals surface area (Å²) in [6, 6.07) is 0.177. The monoisotopic (exact) mass is 425 g/mol. The van der Waals surface area contributed by atoms with Crippen molar-refractivity contribution < 1.29 is 20.1 Å². The fourth-order valence-electron chi connectivity index (χ4n) is 4.76. The van der Waals surface area contributed by atoms with Gasteiger partial charge in [-0.2, -0.15) is 0 Å². The van der Waals surface area contributed by atoms with Crippen LogP contribution in [0.4, 0.5) is 0 Å². The molecular formula is C19H27N3O4S2. The number of carboxylic acids is 1. The van der Waals surface area contributed by atoms with E-state index in [2.05, 4.69) is 17.6 Å². The van der Waals surface area contributed by atoms with Crippen LogP contribution >= 0.6 is 23.1 Å². The summed E-state index contributed by atoms with van der Waals surface area (Å²) in [7, 11) is 0. The third-order valence-corrected chi connectivity index (χ3v) is 8.55. The fourth-order valence-corrected chi connectivity index (χ4v) is 6.96. The highest BCUT2D eigenvalue weighted by Gasteiger charge is 2.53. The predicted molar refractivity (Wildman–Crippen MR) is 108 cm³/mol. The number of hydrogen-bond donors (Lipinski definition) is 4. The van der Waals surface area contributed by atoms with Gasteiger partial charge in [0, 0.05) is 46.7 Å². The molecule has 3 aliphatic rings. The molecule has 0 bridgehead atoms. The number of nitrogens with one attached hydrogen (secondary N) is 1. The van der Waals surface area contributed by atoms with Crippen molar-refractivity contribution in [2.75, 3.05) is 19.7 Å². The third-order valence-electron chi connectivity index (χ3n) is 6.31. The van der Waals surface area contributed by atoms with Crippen molar-refractivity contribution in [1.29, 1.82) is 0 Å². The second kappa shape index (κ2) is 7.95. The van der Waals surface area contributed by atoms with Gasteiger partial charge in [0.15, 0.2) is 4.34 Å². The van der Waals surface area contributed by atoms with Crippen LogP contribution in [0, 0.1) is 11.8 Å². The second-order valence-electron chi connectivity index (χ2n) is 8.05. The Kier molecular flexibility index (Phi) is 5.72. The molecule has 1 aromatic heterocycles. The Bertz CT molecular complexity index is 781. The van der Waals surface area contributed by atoms with Crippen LogP contribution < -0.4 is 5.32 Å². The van der Waals surface area contributed by atoms with E-state index in [1.165, 1.54) is 11.8 Å². The van der Waals surface area contributed by atoms with Gasteiger partial charge in [-0.15, -0.1) is 11.3 Å². The molecule has 4 N–H and O–H groups in total. The SMILES string of the molecule is C[C@H]1C(Sc2nc(C3CCN[C@H](CO)C3)cs2)=C(C(=O)O)N2C[C@H]([C@@H](C)O)C12. The molecular weight excluding hydrogens is 398 g/mol. The molecule has 0 aliphatic carbocycles. The lowest BCUT2D eigenvalue weighted by Gasteiger charge is -2.49. The summed E-state index contributed by atoms with van der Waals surface area (Å²) in [6.45, 7) is 5.44. The number of aliphatic carboxylic acids is 1. The molecule has 28 heavy (non-hydrogen) atoms. The summed E-state index contributed by atoms with van der Waals surface area (Å²) in [5.41, 5.74) is 1.42. The Morgan fingerprint density at radius 3 is 3.00 bits per heavy atom. The number of carboxylic acid groups (broad SMARTS) is 1. The number of rotatable bonds is 6. The van der Waals surface area contributed by atoms with Crippen LogP contribution in [-0.2, 0) is 4.79 Å². The summed E-state index contributed by atoms with van der Waals surface area (Å²) in [6.07, 6.45) is 1.43. The van der Waals surface area contributed by atoms with E-state index < -0.39 is 12.1 Å². The number of fused-ring (bicyclic) bond motifs is 1. The maximum absolute atomic E-state index is 11.9. The molecule has 0 saturated carbocycles. The van der Waals surface area contributed by atoms with Crippen molar-refractivity contribution in [3.8, 4) is 0 Å². The minimum absolute atomic E-state index is 0.0581. The van der Waals surface area contributed by atoms with Crippen molar-refractivity contribution in [3.63, 3.8) is 0 Å². The lowest BCUT2D eigenvalue weighted by molar-refractivity contribution is -0.137. The van der Waals surface area contributed by atoms with Crippen LogP contribution in [0.5, 0.6) is 0 Å². The van der Waals surface area contributed by atoms with E-state index in [1.807, 2.05) is 4.90 Å². The van der Waals surface area contributed by atoms with Crippen LogP contribution in [0.2, 0.25) is 0 Å². The zero-order chi connectivity index (χ0) is 20.0. The Morgan fingerprint density at radius 2 is 2.32 bits per heavy atom. The van der Waals surface area contributed by atoms with Gasteiger partial charge < -0.3 is 25.5 Å². The number of nitrogens with zero attached hydrogens (tertiary/aromatic N) is 2. The number of carbonyl (C=O) groups is 1. The molecule has 4 heterocycles. The highest BCUT2D eigenvalue weighted by molar-refractivity contribution is 8.04. The first kappa shape index (κ1) is 20.2. The minimum Gasteiger partial charge on any atom is -0.477 e. The van der Waals surface area contributed by atoms with Crippen LogP contribution in [0.25, 0.3) is 0 Å². The first-order valence-electron chi connectivity index (χ1n) is 9.80. The highest BCUT2D eigenvalue weighted by atomic mass is 32.2. The Hall–Kier alpha value is -1.13. The summed E-state index contributed by atoms with van der Waals surface area (Å²) >= 11 is 3.02. The van der Waals surface area contributed by atoms with Crippen molar-refractivity contribution >= 4 is 29.1 Å². The third kappa shape index (κ3) is 3.47. The molecule has 154 valence electrons. The van der Waals surface area contributed by atoms with Gasteiger partial charge in [0.25, 0.3) is 0 Å². The molecule has 0 aromatic carbocycles. The number of piperidine rings is 1. The lowest BCUT2D eigenvalue weighted by Crippen LogP contribution is -2.59. The Morgan fingerprint density at radius 1 is 1.54 bits per heavy atom. The highest BCUT2D eigenvalue weighted by Crippen LogP contribution is 2.51. The number of aliphatic hydroxyl groups is 2. The molecule has 1 aromatic rings. The first-order chi connectivity index (χ1) is 13.4. The molecule has 9 heteroatoms. The quantitative estimate of drug-likeness (QED) is 0.546. The number of aromatic nitrogens is 1. The minimum atomic E-state index is -0.901. The van der Waals surface area contributed by atoms with Crippen molar-refractivity contribution in [3.05, 3.63) is 21.7 Å². The van der Waals surface area contributed by atoms with Gasteiger partial charge in [0.2, 0.25) is 0 Å². The van der Waals surface area contributed by atoms with Crippen molar-refractivity contribution in [1.82, 2.24) is 15.2 Å². The second-order valence-corrected chi connectivity index (χ2v) is 10.2. The van der Waals surface area contributed by atoms with E-state index in [-0.39, 0.29) is 30.5 Å². The number of aliphatic hydroxyl groups excluding tert-OH is 2. The van der Waals surface area contributed by atoms with Crippen LogP contribution in [0.15, 0.2) is 20.3 Å². The van der Waals surface area contributed by atoms with E-state index in [1.54, 1.807) is 18.3 Å². The van der Waals surface area contributed by atoms with Gasteiger partial charge in [-0.05, 0) is 26.3 Å². The van der Waals surface area contributed by atoms with E-state index in [0.717, 1.165) is 34.3 Å². The zero-order valence-corrected chi connectivity index (χ0v) is 17.7. The van der Waals surface area contributed by atoms with Crippen LogP contribution in [0.1, 0.15) is 38.3 Å². The smallest absolute Gasteiger partial charge is 0.353 e. The number of thiazole rings is 1. The molecule has 4 rings (SSSR count). The van der Waals surface area contributed by atoms with E-state index in [9.17, 15) is 20.1 Å². The molecule has 2 saturated heterocycles. The van der Waals surface area contributed by atoms with Crippen LogP contribution in [-0.4, -0.2) is 69.1 Å². The normalized spacial score (nSPS) is 33.6. The molecule has 0 spiro atoms. The Labute approximate surface area is 172 Å². The van der Waals surface area contributed by atoms with Crippen LogP contribution in [0.3, 0.4) is 0 Å². The largest absolute Gasteiger partial charge is 0.477 e. The fraction of sp³-hybridized carbons (Fsp3) is 0.684. The lowest BCUT2D eigenvalue weighted by atomic mass is 9.80. The number of hydrogen-bond acceptors (Lipinski definition) is 8. The maximum atomic E-state index is 11.9. The molecule has 3 aliphatic heterocycles. The van der Waals surface area contributed by atoms with Crippen molar-refractivity contribution in [2.24, 2.45) is 11.8 Å². The topological polar surface area (TPSA) is 106 Å². The molecule has 2 unspecified atom stereocenters. The van der Waals surface area contributed by atoms with Gasteiger partial charge in [-0.25, -0.2) is 9.78 Å². The first-order valence-corrected chi connectivity index (χ1v) is 11.5. The molecule has 7 nitrogen and oxygen atoms in total. The predicted octanol–water partition coefficient (Wildman–Crippen LogP) is 1.69. The van der Waals surface area contributed by atoms with Gasteiger partial charge in [0.05, 0.1) is 18.4 Å². The zero-order valence-electron chi connectivity index (χ0n) is 16.0. The number of thioether (sulfide) groups is 1. The molecule has 2 fully saturated rings. The summed E-state index contributed by atoms with van der Waals surface area (Å²) in [5.74, 6) is -0.395. The summed E-state index contributed by atoms with van der Waals surface area (Å²) in [4.78, 5) is 19.5. The van der Waals surface area contributed by atoms with Gasteiger partial charge in [-0.3, -0.25) is 0 Å². The average Bonchev–Trinajstić information content (AvgIpc) is 3.18. The molecule has 0 radical (unpaired) electrons.